The van der Waals surface area contributed by atoms with Crippen molar-refractivity contribution in [1.82, 2.24) is 10.2 Å². The highest BCUT2D eigenvalue weighted by Gasteiger charge is 2.22. The minimum absolute atomic E-state index is 0. The van der Waals surface area contributed by atoms with Gasteiger partial charge in [0, 0.05) is 4.88 Å². The van der Waals surface area contributed by atoms with Gasteiger partial charge in [-0.15, -0.1) is 23.7 Å². The summed E-state index contributed by atoms with van der Waals surface area (Å²) in [6, 6.07) is 12.7. The van der Waals surface area contributed by atoms with E-state index >= 15 is 0 Å². The Morgan fingerprint density at radius 1 is 1.21 bits per heavy atom. The van der Waals surface area contributed by atoms with Crippen LogP contribution < -0.4 is 5.32 Å². The third-order valence-electron chi connectivity index (χ3n) is 3.68. The summed E-state index contributed by atoms with van der Waals surface area (Å²) < 4.78 is 0. The van der Waals surface area contributed by atoms with Crippen molar-refractivity contribution in [2.45, 2.75) is 19.0 Å². The first-order chi connectivity index (χ1) is 11.0. The van der Waals surface area contributed by atoms with Crippen molar-refractivity contribution in [3.63, 3.8) is 0 Å². The number of amides is 1. The molecule has 0 saturated carbocycles. The van der Waals surface area contributed by atoms with Gasteiger partial charge in [0.05, 0.1) is 12.6 Å². The number of benzene rings is 1. The van der Waals surface area contributed by atoms with Crippen LogP contribution in [0.25, 0.3) is 0 Å². The van der Waals surface area contributed by atoms with Crippen LogP contribution in [0.2, 0.25) is 0 Å². The van der Waals surface area contributed by atoms with Gasteiger partial charge in [-0.25, -0.2) is 0 Å². The molecule has 2 unspecified atom stereocenters. The van der Waals surface area contributed by atoms with Gasteiger partial charge in [0.2, 0.25) is 5.91 Å². The smallest absolute Gasteiger partial charge is 0.320 e. The van der Waals surface area contributed by atoms with Crippen LogP contribution in [0.3, 0.4) is 0 Å². The number of carboxylic acid groups (broad SMARTS) is 1. The number of nitrogens with zero attached hydrogens (tertiary/aromatic N) is 1. The Kier molecular flexibility index (Phi) is 7.91. The van der Waals surface area contributed by atoms with Crippen molar-refractivity contribution in [1.29, 1.82) is 0 Å². The van der Waals surface area contributed by atoms with E-state index in [1.54, 1.807) is 25.3 Å². The molecule has 2 aromatic rings. The van der Waals surface area contributed by atoms with Crippen LogP contribution in [0.4, 0.5) is 0 Å². The summed E-state index contributed by atoms with van der Waals surface area (Å²) in [7, 11) is 1.63. The fourth-order valence-electron chi connectivity index (χ4n) is 2.18. The quantitative estimate of drug-likeness (QED) is 0.788. The maximum atomic E-state index is 12.3. The van der Waals surface area contributed by atoms with Gasteiger partial charge in [-0.05, 0) is 31.0 Å². The van der Waals surface area contributed by atoms with Crippen LogP contribution in [0, 0.1) is 0 Å². The number of likely N-dealkylation sites (N-methyl/N-ethyl adjacent to an activating group) is 1. The minimum atomic E-state index is -0.946. The lowest BCUT2D eigenvalue weighted by Gasteiger charge is -2.23. The van der Waals surface area contributed by atoms with Crippen molar-refractivity contribution < 1.29 is 14.7 Å². The first-order valence-corrected chi connectivity index (χ1v) is 8.17. The third kappa shape index (κ3) is 5.33. The second-order valence-electron chi connectivity index (χ2n) is 5.36. The Hall–Kier alpha value is -1.89. The van der Waals surface area contributed by atoms with Crippen LogP contribution in [-0.4, -0.2) is 41.5 Å². The van der Waals surface area contributed by atoms with Crippen molar-refractivity contribution in [2.24, 2.45) is 0 Å². The molecule has 2 rings (SSSR count). The number of aliphatic carboxylic acids is 1. The second-order valence-corrected chi connectivity index (χ2v) is 6.34. The van der Waals surface area contributed by atoms with Gasteiger partial charge in [-0.2, -0.15) is 0 Å². The largest absolute Gasteiger partial charge is 0.480 e. The highest BCUT2D eigenvalue weighted by molar-refractivity contribution is 7.10. The molecule has 0 fully saturated rings. The van der Waals surface area contributed by atoms with E-state index in [4.69, 9.17) is 5.11 Å². The summed E-state index contributed by atoms with van der Waals surface area (Å²) in [5.74, 6) is -1.15. The maximum Gasteiger partial charge on any atom is 0.320 e. The molecule has 0 saturated heterocycles. The standard InChI is InChI=1S/C17H20N2O3S.ClH/c1-12(17(21)22)19(2)11-15(20)18-16(14-9-6-10-23-14)13-7-4-3-5-8-13;/h3-10,12,16H,11H2,1-2H3,(H,18,20)(H,21,22);1H. The maximum absolute atomic E-state index is 12.3. The molecule has 0 aliphatic rings. The van der Waals surface area contributed by atoms with E-state index in [1.165, 1.54) is 4.90 Å². The number of rotatable bonds is 7. The number of halogens is 1. The van der Waals surface area contributed by atoms with Crippen LogP contribution in [0.1, 0.15) is 23.4 Å². The minimum Gasteiger partial charge on any atom is -0.480 e. The average Bonchev–Trinajstić information content (AvgIpc) is 3.06. The van der Waals surface area contributed by atoms with E-state index in [9.17, 15) is 9.59 Å². The fraction of sp³-hybridized carbons (Fsp3) is 0.294. The van der Waals surface area contributed by atoms with Crippen LogP contribution in [0.15, 0.2) is 47.8 Å². The second kappa shape index (κ2) is 9.42. The summed E-state index contributed by atoms with van der Waals surface area (Å²) >= 11 is 1.58. The Morgan fingerprint density at radius 2 is 1.88 bits per heavy atom. The van der Waals surface area contributed by atoms with Crippen molar-refractivity contribution in [3.05, 3.63) is 58.3 Å². The van der Waals surface area contributed by atoms with E-state index in [1.807, 2.05) is 47.8 Å². The predicted molar refractivity (Wildman–Crippen MR) is 97.7 cm³/mol. The average molecular weight is 369 g/mol. The molecule has 0 bridgehead atoms. The number of carbonyl (C=O) groups is 2. The van der Waals surface area contributed by atoms with Gasteiger partial charge >= 0.3 is 5.97 Å². The zero-order valence-corrected chi connectivity index (χ0v) is 15.1. The molecule has 1 heterocycles. The molecule has 7 heteroatoms. The number of carbonyl (C=O) groups excluding carboxylic acids is 1. The molecule has 1 amide bonds. The lowest BCUT2D eigenvalue weighted by molar-refractivity contribution is -0.142. The zero-order valence-electron chi connectivity index (χ0n) is 13.5. The number of carboxylic acids is 1. The highest BCUT2D eigenvalue weighted by atomic mass is 35.5. The number of hydrogen-bond donors (Lipinski definition) is 2. The van der Waals surface area contributed by atoms with Gasteiger partial charge in [-0.3, -0.25) is 14.5 Å². The van der Waals surface area contributed by atoms with Gasteiger partial charge in [-0.1, -0.05) is 36.4 Å². The molecule has 1 aromatic heterocycles. The fourth-order valence-corrected chi connectivity index (χ4v) is 2.98. The summed E-state index contributed by atoms with van der Waals surface area (Å²) in [6.45, 7) is 1.59. The number of hydrogen-bond acceptors (Lipinski definition) is 4. The summed E-state index contributed by atoms with van der Waals surface area (Å²) in [6.07, 6.45) is 0. The molecular formula is C17H21ClN2O3S. The SMILES string of the molecule is CC(C(=O)O)N(C)CC(=O)NC(c1ccccc1)c1cccs1.Cl. The molecule has 0 aliphatic carbocycles. The normalized spacial score (nSPS) is 13.0. The highest BCUT2D eigenvalue weighted by Crippen LogP contribution is 2.25. The number of nitrogens with one attached hydrogen (secondary N) is 1. The molecule has 24 heavy (non-hydrogen) atoms. The summed E-state index contributed by atoms with van der Waals surface area (Å²) in [5.41, 5.74) is 0.997. The Bertz CT molecular complexity index is 649. The molecule has 0 spiro atoms. The molecule has 2 N–H and O–H groups in total. The predicted octanol–water partition coefficient (Wildman–Crippen LogP) is 2.78. The Morgan fingerprint density at radius 3 is 2.42 bits per heavy atom. The first kappa shape index (κ1) is 20.2. The summed E-state index contributed by atoms with van der Waals surface area (Å²) in [4.78, 5) is 25.8. The van der Waals surface area contributed by atoms with E-state index in [-0.39, 0.29) is 30.9 Å². The van der Waals surface area contributed by atoms with Crippen LogP contribution >= 0.6 is 23.7 Å². The lowest BCUT2D eigenvalue weighted by Crippen LogP contribution is -2.43. The van der Waals surface area contributed by atoms with Gasteiger partial charge in [0.1, 0.15) is 6.04 Å². The van der Waals surface area contributed by atoms with E-state index in [0.29, 0.717) is 0 Å². The third-order valence-corrected chi connectivity index (χ3v) is 4.61. The van der Waals surface area contributed by atoms with Crippen molar-refractivity contribution >= 4 is 35.6 Å². The van der Waals surface area contributed by atoms with Gasteiger partial charge < -0.3 is 10.4 Å². The van der Waals surface area contributed by atoms with Crippen molar-refractivity contribution in [2.75, 3.05) is 13.6 Å². The Balaban J connectivity index is 0.00000288. The van der Waals surface area contributed by atoms with E-state index in [2.05, 4.69) is 5.32 Å². The van der Waals surface area contributed by atoms with Crippen LogP contribution in [-0.2, 0) is 9.59 Å². The number of thiophene rings is 1. The first-order valence-electron chi connectivity index (χ1n) is 7.29. The van der Waals surface area contributed by atoms with Gasteiger partial charge in [0.25, 0.3) is 0 Å². The summed E-state index contributed by atoms with van der Waals surface area (Å²) in [5, 5.41) is 14.0. The molecule has 1 aromatic carbocycles. The zero-order chi connectivity index (χ0) is 16.8. The Labute approximate surface area is 151 Å². The van der Waals surface area contributed by atoms with Crippen molar-refractivity contribution in [3.8, 4) is 0 Å². The lowest BCUT2D eigenvalue weighted by atomic mass is 10.1. The van der Waals surface area contributed by atoms with Gasteiger partial charge in [0.15, 0.2) is 0 Å². The molecular weight excluding hydrogens is 348 g/mol. The van der Waals surface area contributed by atoms with E-state index < -0.39 is 12.0 Å². The topological polar surface area (TPSA) is 69.6 Å². The molecule has 0 aliphatic heterocycles. The molecule has 5 nitrogen and oxygen atoms in total. The molecule has 0 radical (unpaired) electrons. The monoisotopic (exact) mass is 368 g/mol. The molecule has 130 valence electrons. The molecule has 2 atom stereocenters. The van der Waals surface area contributed by atoms with E-state index in [0.717, 1.165) is 10.4 Å². The van der Waals surface area contributed by atoms with Crippen LogP contribution in [0.5, 0.6) is 0 Å².